The molecule has 0 fully saturated rings. The van der Waals surface area contributed by atoms with Gasteiger partial charge in [-0.25, -0.2) is 8.42 Å². The Balaban J connectivity index is 2.33. The van der Waals surface area contributed by atoms with Crippen LogP contribution in [0.3, 0.4) is 0 Å². The number of fused-ring (bicyclic) bond motifs is 1. The van der Waals surface area contributed by atoms with E-state index in [-0.39, 0.29) is 11.6 Å². The summed E-state index contributed by atoms with van der Waals surface area (Å²) in [4.78, 5) is 0. The van der Waals surface area contributed by atoms with Crippen molar-refractivity contribution in [3.63, 3.8) is 0 Å². The Morgan fingerprint density at radius 3 is 2.50 bits per heavy atom. The van der Waals surface area contributed by atoms with Crippen LogP contribution in [0, 0.1) is 0 Å². The average molecular weight is 349 g/mol. The molecule has 0 spiro atoms. The van der Waals surface area contributed by atoms with Gasteiger partial charge in [0.2, 0.25) is 10.0 Å². The molecule has 0 aliphatic heterocycles. The van der Waals surface area contributed by atoms with Crippen molar-refractivity contribution in [2.75, 3.05) is 16.4 Å². The van der Waals surface area contributed by atoms with E-state index in [2.05, 4.69) is 20.7 Å². The molecule has 2 aromatic carbocycles. The molecule has 0 unspecified atom stereocenters. The zero-order valence-corrected chi connectivity index (χ0v) is 12.5. The summed E-state index contributed by atoms with van der Waals surface area (Å²) in [6.45, 7) is 0. The first-order chi connectivity index (χ1) is 8.50. The largest absolute Gasteiger partial charge is 0.283 e. The summed E-state index contributed by atoms with van der Waals surface area (Å²) >= 11 is 8.83. The third-order valence-corrected chi connectivity index (χ3v) is 4.62. The number of halogens is 2. The molecular weight excluding hydrogens is 338 g/mol. The van der Waals surface area contributed by atoms with E-state index < -0.39 is 10.0 Å². The molecule has 6 heteroatoms. The molecule has 0 radical (unpaired) electrons. The summed E-state index contributed by atoms with van der Waals surface area (Å²) in [6, 6.07) is 11.2. The van der Waals surface area contributed by atoms with E-state index >= 15 is 0 Å². The fourth-order valence-electron chi connectivity index (χ4n) is 1.61. The zero-order chi connectivity index (χ0) is 13.2. The van der Waals surface area contributed by atoms with Crippen molar-refractivity contribution >= 4 is 54.0 Å². The molecule has 0 bridgehead atoms. The summed E-state index contributed by atoms with van der Waals surface area (Å²) in [6.07, 6.45) is 0. The van der Waals surface area contributed by atoms with Gasteiger partial charge in [0.25, 0.3) is 0 Å². The van der Waals surface area contributed by atoms with Gasteiger partial charge in [-0.3, -0.25) is 4.72 Å². The molecule has 0 aliphatic carbocycles. The molecule has 0 saturated carbocycles. The molecule has 2 rings (SSSR count). The molecule has 0 aliphatic rings. The number of sulfonamides is 1. The average Bonchev–Trinajstić information content (AvgIpc) is 2.28. The van der Waals surface area contributed by atoms with Crippen LogP contribution in [0.2, 0.25) is 0 Å². The van der Waals surface area contributed by atoms with E-state index in [4.69, 9.17) is 11.6 Å². The van der Waals surface area contributed by atoms with Crippen molar-refractivity contribution in [2.24, 2.45) is 0 Å². The highest BCUT2D eigenvalue weighted by Gasteiger charge is 2.09. The molecule has 0 atom stereocenters. The van der Waals surface area contributed by atoms with Crippen LogP contribution in [0.5, 0.6) is 0 Å². The SMILES string of the molecule is O=S(=O)(CCCl)Nc1ccc2cc(Br)ccc2c1. The van der Waals surface area contributed by atoms with Crippen LogP contribution in [0.25, 0.3) is 10.8 Å². The quantitative estimate of drug-likeness (QED) is 0.858. The van der Waals surface area contributed by atoms with Gasteiger partial charge in [0.05, 0.1) is 5.75 Å². The van der Waals surface area contributed by atoms with E-state index in [0.29, 0.717) is 5.69 Å². The van der Waals surface area contributed by atoms with Crippen molar-refractivity contribution in [3.05, 3.63) is 40.9 Å². The number of nitrogens with one attached hydrogen (secondary N) is 1. The zero-order valence-electron chi connectivity index (χ0n) is 9.36. The van der Waals surface area contributed by atoms with Gasteiger partial charge in [0.15, 0.2) is 0 Å². The fraction of sp³-hybridized carbons (Fsp3) is 0.167. The van der Waals surface area contributed by atoms with Gasteiger partial charge in [-0.15, -0.1) is 11.6 Å². The van der Waals surface area contributed by atoms with E-state index in [0.717, 1.165) is 15.2 Å². The molecule has 0 aromatic heterocycles. The van der Waals surface area contributed by atoms with Crippen LogP contribution < -0.4 is 4.72 Å². The lowest BCUT2D eigenvalue weighted by molar-refractivity contribution is 0.602. The third kappa shape index (κ3) is 3.37. The first kappa shape index (κ1) is 13.6. The highest BCUT2D eigenvalue weighted by atomic mass is 79.9. The van der Waals surface area contributed by atoms with Gasteiger partial charge >= 0.3 is 0 Å². The van der Waals surface area contributed by atoms with Crippen molar-refractivity contribution in [3.8, 4) is 0 Å². The maximum absolute atomic E-state index is 11.6. The summed E-state index contributed by atoms with van der Waals surface area (Å²) in [5.41, 5.74) is 0.551. The lowest BCUT2D eigenvalue weighted by atomic mass is 10.1. The Kier molecular flexibility index (Phi) is 4.14. The van der Waals surface area contributed by atoms with Gasteiger partial charge in [0.1, 0.15) is 0 Å². The minimum Gasteiger partial charge on any atom is -0.283 e. The Bertz CT molecular complexity index is 673. The fourth-order valence-corrected chi connectivity index (χ4v) is 3.39. The van der Waals surface area contributed by atoms with Gasteiger partial charge in [-0.2, -0.15) is 0 Å². The van der Waals surface area contributed by atoms with Crippen molar-refractivity contribution in [2.45, 2.75) is 0 Å². The number of benzene rings is 2. The molecule has 1 N–H and O–H groups in total. The number of hydrogen-bond acceptors (Lipinski definition) is 2. The molecular formula is C12H11BrClNO2S. The monoisotopic (exact) mass is 347 g/mol. The Hall–Kier alpha value is -0.780. The predicted octanol–water partition coefficient (Wildman–Crippen LogP) is 3.58. The van der Waals surface area contributed by atoms with E-state index in [1.807, 2.05) is 24.3 Å². The first-order valence-electron chi connectivity index (χ1n) is 5.26. The minimum atomic E-state index is -3.35. The van der Waals surface area contributed by atoms with E-state index in [1.165, 1.54) is 0 Å². The predicted molar refractivity (Wildman–Crippen MR) is 79.8 cm³/mol. The maximum Gasteiger partial charge on any atom is 0.233 e. The Labute approximate surface area is 119 Å². The number of alkyl halides is 1. The van der Waals surface area contributed by atoms with E-state index in [9.17, 15) is 8.42 Å². The maximum atomic E-state index is 11.6. The van der Waals surface area contributed by atoms with Crippen molar-refractivity contribution < 1.29 is 8.42 Å². The van der Waals surface area contributed by atoms with Crippen LogP contribution >= 0.6 is 27.5 Å². The van der Waals surface area contributed by atoms with Crippen molar-refractivity contribution in [1.82, 2.24) is 0 Å². The second-order valence-electron chi connectivity index (χ2n) is 3.82. The standard InChI is InChI=1S/C12H11BrClNO2S/c13-11-3-1-10-8-12(4-2-9(10)7-11)15-18(16,17)6-5-14/h1-4,7-8,15H,5-6H2. The molecule has 96 valence electrons. The smallest absolute Gasteiger partial charge is 0.233 e. The second-order valence-corrected chi connectivity index (χ2v) is 6.95. The topological polar surface area (TPSA) is 46.2 Å². The summed E-state index contributed by atoms with van der Waals surface area (Å²) in [5, 5.41) is 2.02. The lowest BCUT2D eigenvalue weighted by Gasteiger charge is -2.07. The highest BCUT2D eigenvalue weighted by molar-refractivity contribution is 9.10. The van der Waals surface area contributed by atoms with Gasteiger partial charge in [-0.1, -0.05) is 28.1 Å². The molecule has 3 nitrogen and oxygen atoms in total. The molecule has 18 heavy (non-hydrogen) atoms. The van der Waals surface area contributed by atoms with Gasteiger partial charge in [0, 0.05) is 16.0 Å². The molecule has 0 saturated heterocycles. The number of anilines is 1. The summed E-state index contributed by atoms with van der Waals surface area (Å²) < 4.78 is 26.7. The molecule has 0 amide bonds. The molecule has 0 heterocycles. The van der Waals surface area contributed by atoms with E-state index in [1.54, 1.807) is 12.1 Å². The summed E-state index contributed by atoms with van der Waals surface area (Å²) in [5.74, 6) is -0.0111. The lowest BCUT2D eigenvalue weighted by Crippen LogP contribution is -2.17. The van der Waals surface area contributed by atoms with Gasteiger partial charge in [-0.05, 0) is 35.0 Å². The van der Waals surface area contributed by atoms with Crippen LogP contribution in [-0.4, -0.2) is 20.1 Å². The van der Waals surface area contributed by atoms with Crippen LogP contribution in [0.4, 0.5) is 5.69 Å². The number of hydrogen-bond donors (Lipinski definition) is 1. The highest BCUT2D eigenvalue weighted by Crippen LogP contribution is 2.23. The van der Waals surface area contributed by atoms with Crippen LogP contribution in [-0.2, 0) is 10.0 Å². The van der Waals surface area contributed by atoms with Crippen LogP contribution in [0.1, 0.15) is 0 Å². The van der Waals surface area contributed by atoms with Crippen LogP contribution in [0.15, 0.2) is 40.9 Å². The summed E-state index contributed by atoms with van der Waals surface area (Å²) in [7, 11) is -3.35. The minimum absolute atomic E-state index is 0.0792. The normalized spacial score (nSPS) is 11.7. The Morgan fingerprint density at radius 2 is 1.78 bits per heavy atom. The van der Waals surface area contributed by atoms with Crippen molar-refractivity contribution in [1.29, 1.82) is 0 Å². The second kappa shape index (κ2) is 5.47. The first-order valence-corrected chi connectivity index (χ1v) is 8.24. The number of rotatable bonds is 4. The van der Waals surface area contributed by atoms with Gasteiger partial charge < -0.3 is 0 Å². The molecule has 2 aromatic rings. The third-order valence-electron chi connectivity index (χ3n) is 2.42. The Morgan fingerprint density at radius 1 is 1.11 bits per heavy atom.